The van der Waals surface area contributed by atoms with Crippen LogP contribution in [0.5, 0.6) is 0 Å². The van der Waals surface area contributed by atoms with Gasteiger partial charge < -0.3 is 10.3 Å². The molecule has 0 radical (unpaired) electrons. The highest BCUT2D eigenvalue weighted by atomic mass is 32.1. The van der Waals surface area contributed by atoms with Crippen LogP contribution in [-0.4, -0.2) is 16.1 Å². The predicted octanol–water partition coefficient (Wildman–Crippen LogP) is 3.34. The highest BCUT2D eigenvalue weighted by Crippen LogP contribution is 2.29. The van der Waals surface area contributed by atoms with E-state index in [9.17, 15) is 0 Å². The van der Waals surface area contributed by atoms with Crippen LogP contribution in [0.1, 0.15) is 11.1 Å². The fraction of sp³-hybridized carbons (Fsp3) is 0.267. The number of hydrogen-bond donors (Lipinski definition) is 1. The van der Waals surface area contributed by atoms with Crippen molar-refractivity contribution in [3.63, 3.8) is 0 Å². The summed E-state index contributed by atoms with van der Waals surface area (Å²) in [7, 11) is 0. The van der Waals surface area contributed by atoms with Crippen LogP contribution >= 0.6 is 11.3 Å². The highest BCUT2D eigenvalue weighted by molar-refractivity contribution is 7.13. The van der Waals surface area contributed by atoms with Crippen molar-refractivity contribution in [1.29, 1.82) is 0 Å². The second kappa shape index (κ2) is 4.79. The molecule has 0 fully saturated rings. The van der Waals surface area contributed by atoms with Crippen LogP contribution < -0.4 is 5.73 Å². The van der Waals surface area contributed by atoms with E-state index in [4.69, 9.17) is 10.7 Å². The molecule has 0 amide bonds. The average molecular weight is 271 g/mol. The summed E-state index contributed by atoms with van der Waals surface area (Å²) in [6.45, 7) is 5.68. The second-order valence-corrected chi connectivity index (χ2v) is 5.73. The van der Waals surface area contributed by atoms with E-state index < -0.39 is 0 Å². The number of nitrogens with two attached hydrogens (primary N) is 1. The predicted molar refractivity (Wildman–Crippen MR) is 81.6 cm³/mol. The number of nitrogens with zero attached hydrogens (tertiary/aromatic N) is 2. The van der Waals surface area contributed by atoms with Gasteiger partial charge in [0.05, 0.1) is 15.9 Å². The third kappa shape index (κ3) is 2.07. The first-order chi connectivity index (χ1) is 9.20. The van der Waals surface area contributed by atoms with Crippen molar-refractivity contribution >= 4 is 22.4 Å². The maximum absolute atomic E-state index is 5.76. The number of fused-ring (bicyclic) bond motifs is 1. The van der Waals surface area contributed by atoms with E-state index in [1.165, 1.54) is 21.5 Å². The van der Waals surface area contributed by atoms with Crippen molar-refractivity contribution in [3.05, 3.63) is 40.8 Å². The minimum atomic E-state index is 0.622. The minimum absolute atomic E-state index is 0.622. The van der Waals surface area contributed by atoms with Crippen LogP contribution in [0.3, 0.4) is 0 Å². The molecule has 3 rings (SSSR count). The lowest BCUT2D eigenvalue weighted by molar-refractivity contribution is 0.736. The summed E-state index contributed by atoms with van der Waals surface area (Å²) in [6.07, 6.45) is 0. The van der Waals surface area contributed by atoms with Gasteiger partial charge in [0.25, 0.3) is 0 Å². The lowest BCUT2D eigenvalue weighted by atomic mass is 10.1. The third-order valence-corrected chi connectivity index (χ3v) is 4.32. The molecule has 0 saturated heterocycles. The summed E-state index contributed by atoms with van der Waals surface area (Å²) in [5.74, 6) is 1.03. The Hall–Kier alpha value is -1.65. The van der Waals surface area contributed by atoms with Crippen LogP contribution in [0.4, 0.5) is 0 Å². The standard InChI is InChI=1S/C15H17N3S/c1-10-8-12-13(9-11(10)2)18(6-5-16)15(17-12)14-4-3-7-19-14/h3-4,7-9H,5-6,16H2,1-2H3. The number of rotatable bonds is 3. The summed E-state index contributed by atoms with van der Waals surface area (Å²) >= 11 is 1.72. The molecule has 2 N–H and O–H groups in total. The van der Waals surface area contributed by atoms with E-state index in [0.717, 1.165) is 17.9 Å². The number of aryl methyl sites for hydroxylation is 2. The van der Waals surface area contributed by atoms with Crippen molar-refractivity contribution in [1.82, 2.24) is 9.55 Å². The average Bonchev–Trinajstić information content (AvgIpc) is 3.00. The maximum atomic E-state index is 5.76. The Kier molecular flexibility index (Phi) is 3.12. The molecule has 2 heterocycles. The van der Waals surface area contributed by atoms with E-state index in [1.54, 1.807) is 11.3 Å². The lowest BCUT2D eigenvalue weighted by Gasteiger charge is -2.07. The normalized spacial score (nSPS) is 11.3. The Bertz CT molecular complexity index is 711. The lowest BCUT2D eigenvalue weighted by Crippen LogP contribution is -2.10. The molecule has 3 nitrogen and oxygen atoms in total. The number of hydrogen-bond acceptors (Lipinski definition) is 3. The van der Waals surface area contributed by atoms with Crippen molar-refractivity contribution < 1.29 is 0 Å². The molecule has 19 heavy (non-hydrogen) atoms. The number of aromatic nitrogens is 2. The summed E-state index contributed by atoms with van der Waals surface area (Å²) < 4.78 is 2.23. The maximum Gasteiger partial charge on any atom is 0.151 e. The zero-order chi connectivity index (χ0) is 13.4. The van der Waals surface area contributed by atoms with Crippen LogP contribution in [0.25, 0.3) is 21.7 Å². The van der Waals surface area contributed by atoms with Gasteiger partial charge in [-0.05, 0) is 48.6 Å². The topological polar surface area (TPSA) is 43.8 Å². The van der Waals surface area contributed by atoms with Crippen molar-refractivity contribution in [2.24, 2.45) is 5.73 Å². The molecule has 3 aromatic rings. The van der Waals surface area contributed by atoms with Gasteiger partial charge in [0, 0.05) is 13.1 Å². The quantitative estimate of drug-likeness (QED) is 0.794. The van der Waals surface area contributed by atoms with Crippen molar-refractivity contribution in [2.45, 2.75) is 20.4 Å². The van der Waals surface area contributed by atoms with Crippen molar-refractivity contribution in [3.8, 4) is 10.7 Å². The molecule has 0 bridgehead atoms. The molecular formula is C15H17N3S. The molecule has 0 aliphatic heterocycles. The second-order valence-electron chi connectivity index (χ2n) is 4.78. The minimum Gasteiger partial charge on any atom is -0.329 e. The molecule has 4 heteroatoms. The molecule has 0 unspecified atom stereocenters. The van der Waals surface area contributed by atoms with Crippen LogP contribution in [0.2, 0.25) is 0 Å². The van der Waals surface area contributed by atoms with Gasteiger partial charge in [-0.1, -0.05) is 6.07 Å². The fourth-order valence-electron chi connectivity index (χ4n) is 2.33. The molecule has 0 aliphatic carbocycles. The highest BCUT2D eigenvalue weighted by Gasteiger charge is 2.13. The Balaban J connectivity index is 2.29. The Labute approximate surface area is 116 Å². The molecule has 98 valence electrons. The molecule has 0 aliphatic rings. The summed E-state index contributed by atoms with van der Waals surface area (Å²) in [5, 5.41) is 2.08. The number of thiophene rings is 1. The number of benzene rings is 1. The Morgan fingerprint density at radius 3 is 2.74 bits per heavy atom. The number of imidazole rings is 1. The van der Waals surface area contributed by atoms with Gasteiger partial charge in [-0.15, -0.1) is 11.3 Å². The first-order valence-electron chi connectivity index (χ1n) is 6.42. The van der Waals surface area contributed by atoms with Gasteiger partial charge in [-0.2, -0.15) is 0 Å². The van der Waals surface area contributed by atoms with Gasteiger partial charge in [-0.25, -0.2) is 4.98 Å². The van der Waals surface area contributed by atoms with E-state index in [2.05, 4.69) is 48.1 Å². The van der Waals surface area contributed by atoms with Crippen LogP contribution in [0, 0.1) is 13.8 Å². The monoisotopic (exact) mass is 271 g/mol. The molecule has 0 atom stereocenters. The third-order valence-electron chi connectivity index (χ3n) is 3.46. The van der Waals surface area contributed by atoms with Gasteiger partial charge in [0.15, 0.2) is 5.82 Å². The van der Waals surface area contributed by atoms with E-state index in [-0.39, 0.29) is 0 Å². The molecule has 1 aromatic carbocycles. The molecule has 0 spiro atoms. The van der Waals surface area contributed by atoms with Gasteiger partial charge in [-0.3, -0.25) is 0 Å². The SMILES string of the molecule is Cc1cc2nc(-c3cccs3)n(CCN)c2cc1C. The zero-order valence-corrected chi connectivity index (χ0v) is 12.0. The molecule has 0 saturated carbocycles. The molecule has 2 aromatic heterocycles. The van der Waals surface area contributed by atoms with Gasteiger partial charge >= 0.3 is 0 Å². The Morgan fingerprint density at radius 2 is 2.05 bits per heavy atom. The first-order valence-corrected chi connectivity index (χ1v) is 7.30. The van der Waals surface area contributed by atoms with E-state index in [1.807, 2.05) is 0 Å². The largest absolute Gasteiger partial charge is 0.329 e. The van der Waals surface area contributed by atoms with E-state index >= 15 is 0 Å². The smallest absolute Gasteiger partial charge is 0.151 e. The van der Waals surface area contributed by atoms with Crippen LogP contribution in [-0.2, 0) is 6.54 Å². The Morgan fingerprint density at radius 1 is 1.26 bits per heavy atom. The summed E-state index contributed by atoms with van der Waals surface area (Å²) in [6, 6.07) is 8.54. The van der Waals surface area contributed by atoms with E-state index in [0.29, 0.717) is 6.54 Å². The fourth-order valence-corrected chi connectivity index (χ4v) is 3.05. The van der Waals surface area contributed by atoms with Gasteiger partial charge in [0.2, 0.25) is 0 Å². The summed E-state index contributed by atoms with van der Waals surface area (Å²) in [4.78, 5) is 5.99. The van der Waals surface area contributed by atoms with Crippen LogP contribution in [0.15, 0.2) is 29.6 Å². The first kappa shape index (κ1) is 12.4. The van der Waals surface area contributed by atoms with Gasteiger partial charge in [0.1, 0.15) is 0 Å². The van der Waals surface area contributed by atoms with Crippen molar-refractivity contribution in [2.75, 3.05) is 6.54 Å². The molecular weight excluding hydrogens is 254 g/mol. The summed E-state index contributed by atoms with van der Waals surface area (Å²) in [5.41, 5.74) is 10.6. The zero-order valence-electron chi connectivity index (χ0n) is 11.2.